The van der Waals surface area contributed by atoms with Crippen molar-refractivity contribution < 1.29 is 18.8 Å². The number of aryl methyl sites for hydroxylation is 1. The molecular weight excluding hydrogens is 252 g/mol. The summed E-state index contributed by atoms with van der Waals surface area (Å²) in [7, 11) is 1.58. The number of fused-ring (bicyclic) bond motifs is 1. The molecule has 0 aliphatic carbocycles. The molecule has 2 heterocycles. The van der Waals surface area contributed by atoms with Crippen LogP contribution < -0.4 is 5.76 Å². The topological polar surface area (TPSA) is 98.5 Å². The molecule has 1 aromatic carbocycles. The molecule has 0 spiro atoms. The first-order chi connectivity index (χ1) is 9.06. The minimum absolute atomic E-state index is 0.170. The van der Waals surface area contributed by atoms with E-state index < -0.39 is 11.7 Å². The second-order valence-electron chi connectivity index (χ2n) is 3.99. The van der Waals surface area contributed by atoms with Crippen LogP contribution in [-0.4, -0.2) is 20.8 Å². The van der Waals surface area contributed by atoms with Crippen LogP contribution in [0.2, 0.25) is 0 Å². The highest BCUT2D eigenvalue weighted by Crippen LogP contribution is 2.24. The van der Waals surface area contributed by atoms with Gasteiger partial charge < -0.3 is 14.0 Å². The molecule has 2 aromatic heterocycles. The molecule has 0 bridgehead atoms. The third-order valence-electron chi connectivity index (χ3n) is 2.81. The summed E-state index contributed by atoms with van der Waals surface area (Å²) in [5, 5.41) is 12.2. The summed E-state index contributed by atoms with van der Waals surface area (Å²) >= 11 is 0. The maximum absolute atomic E-state index is 11.4. The quantitative estimate of drug-likeness (QED) is 0.749. The SMILES string of the molecule is Cn1c(=O)oc2ccc(-c3cc(C(=O)O)no3)cc21. The second kappa shape index (κ2) is 3.84. The summed E-state index contributed by atoms with van der Waals surface area (Å²) in [4.78, 5) is 22.1. The normalized spacial score (nSPS) is 11.0. The Morgan fingerprint density at radius 3 is 2.84 bits per heavy atom. The van der Waals surface area contributed by atoms with Crippen molar-refractivity contribution in [1.29, 1.82) is 0 Å². The van der Waals surface area contributed by atoms with E-state index in [4.69, 9.17) is 14.0 Å². The van der Waals surface area contributed by atoms with Crippen LogP contribution >= 0.6 is 0 Å². The molecule has 3 rings (SSSR count). The number of carboxylic acid groups (broad SMARTS) is 1. The van der Waals surface area contributed by atoms with Crippen molar-refractivity contribution in [2.24, 2.45) is 7.05 Å². The molecular formula is C12H8N2O5. The molecule has 3 aromatic rings. The number of nitrogens with zero attached hydrogens (tertiary/aromatic N) is 2. The zero-order valence-electron chi connectivity index (χ0n) is 9.78. The highest BCUT2D eigenvalue weighted by Gasteiger charge is 2.14. The molecule has 0 aliphatic heterocycles. The predicted octanol–water partition coefficient (Wildman–Crippen LogP) is 1.48. The number of aromatic carboxylic acids is 1. The third kappa shape index (κ3) is 1.71. The minimum Gasteiger partial charge on any atom is -0.476 e. The molecule has 0 amide bonds. The minimum atomic E-state index is -1.16. The van der Waals surface area contributed by atoms with Crippen LogP contribution in [0, 0.1) is 0 Å². The Kier molecular flexibility index (Phi) is 2.28. The van der Waals surface area contributed by atoms with Gasteiger partial charge in [-0.05, 0) is 18.2 Å². The van der Waals surface area contributed by atoms with Crippen LogP contribution in [0.5, 0.6) is 0 Å². The maximum atomic E-state index is 11.4. The van der Waals surface area contributed by atoms with E-state index in [1.165, 1.54) is 10.6 Å². The summed E-state index contributed by atoms with van der Waals surface area (Å²) in [6.07, 6.45) is 0. The van der Waals surface area contributed by atoms with E-state index in [-0.39, 0.29) is 5.69 Å². The fourth-order valence-corrected chi connectivity index (χ4v) is 1.79. The molecule has 7 nitrogen and oxygen atoms in total. The Morgan fingerprint density at radius 1 is 1.37 bits per heavy atom. The Morgan fingerprint density at radius 2 is 2.16 bits per heavy atom. The molecule has 0 aliphatic rings. The van der Waals surface area contributed by atoms with Gasteiger partial charge in [0.15, 0.2) is 17.0 Å². The van der Waals surface area contributed by atoms with Gasteiger partial charge >= 0.3 is 11.7 Å². The number of aromatic nitrogens is 2. The summed E-state index contributed by atoms with van der Waals surface area (Å²) in [6.45, 7) is 0. The first-order valence-corrected chi connectivity index (χ1v) is 5.36. The van der Waals surface area contributed by atoms with E-state index in [2.05, 4.69) is 5.16 Å². The van der Waals surface area contributed by atoms with E-state index >= 15 is 0 Å². The van der Waals surface area contributed by atoms with Crippen molar-refractivity contribution in [3.05, 3.63) is 40.5 Å². The van der Waals surface area contributed by atoms with Gasteiger partial charge in [0.05, 0.1) is 5.52 Å². The predicted molar refractivity (Wildman–Crippen MR) is 63.9 cm³/mol. The van der Waals surface area contributed by atoms with E-state index in [0.717, 1.165) is 0 Å². The Labute approximate surface area is 105 Å². The molecule has 0 saturated heterocycles. The van der Waals surface area contributed by atoms with E-state index in [9.17, 15) is 9.59 Å². The van der Waals surface area contributed by atoms with Crippen LogP contribution in [0.3, 0.4) is 0 Å². The zero-order chi connectivity index (χ0) is 13.6. The Bertz CT molecular complexity index is 839. The van der Waals surface area contributed by atoms with E-state index in [1.807, 2.05) is 0 Å². The number of rotatable bonds is 2. The highest BCUT2D eigenvalue weighted by molar-refractivity contribution is 5.87. The lowest BCUT2D eigenvalue weighted by Crippen LogP contribution is -2.08. The first-order valence-electron chi connectivity index (χ1n) is 5.36. The smallest absolute Gasteiger partial charge is 0.419 e. The number of oxazole rings is 1. The van der Waals surface area contributed by atoms with Crippen molar-refractivity contribution >= 4 is 17.1 Å². The van der Waals surface area contributed by atoms with Gasteiger partial charge in [0.2, 0.25) is 0 Å². The van der Waals surface area contributed by atoms with Crippen LogP contribution in [0.1, 0.15) is 10.5 Å². The Hall–Kier alpha value is -2.83. The summed E-state index contributed by atoms with van der Waals surface area (Å²) in [5.74, 6) is -1.31. The molecule has 0 radical (unpaired) electrons. The first kappa shape index (κ1) is 11.3. The fraction of sp³-hybridized carbons (Fsp3) is 0.0833. The van der Waals surface area contributed by atoms with E-state index in [0.29, 0.717) is 22.4 Å². The second-order valence-corrected chi connectivity index (χ2v) is 3.99. The van der Waals surface area contributed by atoms with Crippen molar-refractivity contribution in [3.63, 3.8) is 0 Å². The van der Waals surface area contributed by atoms with Gasteiger partial charge in [0.25, 0.3) is 0 Å². The van der Waals surface area contributed by atoms with Crippen molar-refractivity contribution in [2.45, 2.75) is 0 Å². The summed E-state index contributed by atoms with van der Waals surface area (Å²) in [6, 6.07) is 6.28. The van der Waals surface area contributed by atoms with Gasteiger partial charge in [-0.2, -0.15) is 0 Å². The third-order valence-corrected chi connectivity index (χ3v) is 2.81. The van der Waals surface area contributed by atoms with Gasteiger partial charge in [0, 0.05) is 18.7 Å². The monoisotopic (exact) mass is 260 g/mol. The maximum Gasteiger partial charge on any atom is 0.419 e. The average molecular weight is 260 g/mol. The number of hydrogen-bond acceptors (Lipinski definition) is 5. The highest BCUT2D eigenvalue weighted by atomic mass is 16.5. The van der Waals surface area contributed by atoms with Gasteiger partial charge in [-0.1, -0.05) is 5.16 Å². The van der Waals surface area contributed by atoms with Crippen molar-refractivity contribution in [3.8, 4) is 11.3 Å². The summed E-state index contributed by atoms with van der Waals surface area (Å²) < 4.78 is 11.3. The van der Waals surface area contributed by atoms with Gasteiger partial charge in [-0.15, -0.1) is 0 Å². The van der Waals surface area contributed by atoms with Crippen LogP contribution in [-0.2, 0) is 7.05 Å². The van der Waals surface area contributed by atoms with Crippen LogP contribution in [0.25, 0.3) is 22.4 Å². The lowest BCUT2D eigenvalue weighted by molar-refractivity contribution is 0.0686. The van der Waals surface area contributed by atoms with Gasteiger partial charge in [0.1, 0.15) is 0 Å². The number of carboxylic acids is 1. The molecule has 0 unspecified atom stereocenters. The lowest BCUT2D eigenvalue weighted by atomic mass is 10.1. The number of carbonyl (C=O) groups is 1. The molecule has 0 fully saturated rings. The fourth-order valence-electron chi connectivity index (χ4n) is 1.79. The van der Waals surface area contributed by atoms with Gasteiger partial charge in [-0.25, -0.2) is 9.59 Å². The van der Waals surface area contributed by atoms with Gasteiger partial charge in [-0.3, -0.25) is 4.57 Å². The number of hydrogen-bond donors (Lipinski definition) is 1. The molecule has 96 valence electrons. The van der Waals surface area contributed by atoms with Crippen molar-refractivity contribution in [2.75, 3.05) is 0 Å². The van der Waals surface area contributed by atoms with Crippen LogP contribution in [0.4, 0.5) is 0 Å². The van der Waals surface area contributed by atoms with Crippen LogP contribution in [0.15, 0.2) is 38.0 Å². The molecule has 7 heteroatoms. The van der Waals surface area contributed by atoms with E-state index in [1.54, 1.807) is 25.2 Å². The summed E-state index contributed by atoms with van der Waals surface area (Å²) in [5.41, 5.74) is 1.49. The molecule has 19 heavy (non-hydrogen) atoms. The molecule has 1 N–H and O–H groups in total. The standard InChI is InChI=1S/C12H8N2O5/c1-14-8-4-6(2-3-9(8)18-12(14)17)10-5-7(11(15)16)13-19-10/h2-5H,1H3,(H,15,16). The lowest BCUT2D eigenvalue weighted by Gasteiger charge is -1.96. The Balaban J connectivity index is 2.16. The zero-order valence-corrected chi connectivity index (χ0v) is 9.78. The largest absolute Gasteiger partial charge is 0.476 e. The molecule has 0 saturated carbocycles. The van der Waals surface area contributed by atoms with Crippen molar-refractivity contribution in [1.82, 2.24) is 9.72 Å². The molecule has 0 atom stereocenters. The number of benzene rings is 1. The average Bonchev–Trinajstić information content (AvgIpc) is 2.96.